The molecule has 0 spiro atoms. The van der Waals surface area contributed by atoms with Crippen LogP contribution in [-0.2, 0) is 32.2 Å². The van der Waals surface area contributed by atoms with Crippen molar-refractivity contribution < 1.29 is 38.1 Å². The van der Waals surface area contributed by atoms with Gasteiger partial charge in [-0.15, -0.1) is 0 Å². The summed E-state index contributed by atoms with van der Waals surface area (Å²) in [5.74, 6) is -0.774. The molecule has 0 unspecified atom stereocenters. The van der Waals surface area contributed by atoms with E-state index in [-0.39, 0.29) is 24.9 Å². The van der Waals surface area contributed by atoms with E-state index in [1.54, 1.807) is 81.4 Å². The summed E-state index contributed by atoms with van der Waals surface area (Å²) in [6.45, 7) is 6.59. The third kappa shape index (κ3) is 10.9. The van der Waals surface area contributed by atoms with Crippen LogP contribution in [0.15, 0.2) is 102 Å². The quantitative estimate of drug-likeness (QED) is 0.0649. The van der Waals surface area contributed by atoms with Crippen LogP contribution in [0.4, 0.5) is 20.1 Å². The van der Waals surface area contributed by atoms with E-state index < -0.39 is 35.9 Å². The fourth-order valence-electron chi connectivity index (χ4n) is 4.11. The Morgan fingerprint density at radius 2 is 1.21 bits per heavy atom. The number of carbonyl (C=O) groups is 4. The maximum atomic E-state index is 12.8. The third-order valence-corrected chi connectivity index (χ3v) is 6.26. The number of alkyl carbamates (subject to hydrolysis) is 3. The van der Waals surface area contributed by atoms with Gasteiger partial charge in [0.15, 0.2) is 0 Å². The molecule has 0 saturated carbocycles. The van der Waals surface area contributed by atoms with Gasteiger partial charge >= 0.3 is 24.2 Å². The number of amides is 3. The maximum Gasteiger partial charge on any atom is 0.414 e. The van der Waals surface area contributed by atoms with Crippen molar-refractivity contribution in [3.63, 3.8) is 0 Å². The Morgan fingerprint density at radius 1 is 0.681 bits per heavy atom. The molecule has 0 aromatic heterocycles. The van der Waals surface area contributed by atoms with Crippen LogP contribution < -0.4 is 20.7 Å². The van der Waals surface area contributed by atoms with E-state index in [9.17, 15) is 19.2 Å². The lowest BCUT2D eigenvalue weighted by Gasteiger charge is -2.21. The van der Waals surface area contributed by atoms with Crippen molar-refractivity contribution in [1.82, 2.24) is 16.0 Å². The van der Waals surface area contributed by atoms with Gasteiger partial charge < -0.3 is 24.3 Å². The minimum Gasteiger partial charge on any atom is -0.444 e. The number of nitrogens with zero attached hydrogens (tertiary/aromatic N) is 1. The molecule has 47 heavy (non-hydrogen) atoms. The number of benzene rings is 4. The highest BCUT2D eigenvalue weighted by Gasteiger charge is 2.23. The predicted octanol–water partition coefficient (Wildman–Crippen LogP) is 6.50. The molecule has 0 aliphatic heterocycles. The number of rotatable bonds is 8. The first-order valence-corrected chi connectivity index (χ1v) is 14.7. The van der Waals surface area contributed by atoms with Gasteiger partial charge in [-0.2, -0.15) is 0 Å². The highest BCUT2D eigenvalue weighted by atomic mass is 16.6. The van der Waals surface area contributed by atoms with E-state index in [0.717, 1.165) is 11.1 Å². The zero-order valence-electron chi connectivity index (χ0n) is 26.4. The number of aliphatic imine (C=N–C) groups is 1. The van der Waals surface area contributed by atoms with Gasteiger partial charge in [0, 0.05) is 10.8 Å². The van der Waals surface area contributed by atoms with E-state index in [0.29, 0.717) is 16.5 Å². The van der Waals surface area contributed by atoms with E-state index in [1.165, 1.54) is 6.92 Å². The maximum absolute atomic E-state index is 12.8. The Kier molecular flexibility index (Phi) is 11.5. The van der Waals surface area contributed by atoms with E-state index in [2.05, 4.69) is 20.9 Å². The normalized spacial score (nSPS) is 11.4. The van der Waals surface area contributed by atoms with Crippen molar-refractivity contribution in [2.24, 2.45) is 4.99 Å². The average molecular weight is 641 g/mol. The van der Waals surface area contributed by atoms with Crippen LogP contribution in [0.25, 0.3) is 10.8 Å². The van der Waals surface area contributed by atoms with Crippen molar-refractivity contribution in [3.05, 3.63) is 108 Å². The first-order valence-electron chi connectivity index (χ1n) is 14.7. The van der Waals surface area contributed by atoms with E-state index >= 15 is 0 Å². The molecule has 244 valence electrons. The summed E-state index contributed by atoms with van der Waals surface area (Å²) in [6, 6.07) is 27.2. The molecule has 0 bridgehead atoms. The molecule has 12 heteroatoms. The zero-order chi connectivity index (χ0) is 33.8. The molecular formula is C35H36N4O8. The molecule has 4 aromatic rings. The number of fused-ring (bicyclic) bond motifs is 1. The van der Waals surface area contributed by atoms with Gasteiger partial charge in [0.2, 0.25) is 5.96 Å². The summed E-state index contributed by atoms with van der Waals surface area (Å²) in [5.41, 5.74) is 1.12. The molecule has 3 amide bonds. The number of esters is 1. The number of hydrogen-bond donors (Lipinski definition) is 3. The van der Waals surface area contributed by atoms with Crippen molar-refractivity contribution >= 4 is 46.7 Å². The van der Waals surface area contributed by atoms with Crippen molar-refractivity contribution in [3.8, 4) is 5.75 Å². The average Bonchev–Trinajstić information content (AvgIpc) is 3.03. The van der Waals surface area contributed by atoms with Crippen LogP contribution in [0.3, 0.4) is 0 Å². The number of guanidine groups is 1. The largest absolute Gasteiger partial charge is 0.444 e. The SMILES string of the molecule is C[C@H](NC(=O)OC(C)(C)C)C(=O)Oc1cccc2c(N=C(NC(=O)OCc3ccccc3)NC(=O)OCc3ccccc3)cccc12. The molecule has 0 aliphatic carbocycles. The van der Waals surface area contributed by atoms with Crippen LogP contribution in [0, 0.1) is 0 Å². The monoisotopic (exact) mass is 640 g/mol. The standard InChI is InChI=1S/C35H36N4O8/c1-23(36-34(43)47-35(2,3)4)30(40)46-29-20-12-17-26-27(29)18-11-19-28(26)37-31(38-32(41)44-21-24-13-7-5-8-14-24)39-33(42)45-22-25-15-9-6-10-16-25/h5-20,23H,21-22H2,1-4H3,(H,36,43)(H2,37,38,39,41,42)/t23-/m0/s1. The van der Waals surface area contributed by atoms with Gasteiger partial charge in [-0.25, -0.2) is 24.2 Å². The molecule has 12 nitrogen and oxygen atoms in total. The Balaban J connectivity index is 1.54. The van der Waals surface area contributed by atoms with Gasteiger partial charge in [0.05, 0.1) is 5.69 Å². The Morgan fingerprint density at radius 3 is 1.77 bits per heavy atom. The highest BCUT2D eigenvalue weighted by molar-refractivity contribution is 6.05. The van der Waals surface area contributed by atoms with Crippen LogP contribution >= 0.6 is 0 Å². The van der Waals surface area contributed by atoms with Gasteiger partial charge in [-0.1, -0.05) is 84.9 Å². The molecule has 0 radical (unpaired) electrons. The van der Waals surface area contributed by atoms with Crippen LogP contribution in [0.2, 0.25) is 0 Å². The van der Waals surface area contributed by atoms with Crippen LogP contribution in [-0.4, -0.2) is 41.9 Å². The second-order valence-electron chi connectivity index (χ2n) is 11.3. The highest BCUT2D eigenvalue weighted by Crippen LogP contribution is 2.32. The lowest BCUT2D eigenvalue weighted by molar-refractivity contribution is -0.136. The fraction of sp³-hybridized carbons (Fsp3) is 0.229. The zero-order valence-corrected chi connectivity index (χ0v) is 26.4. The lowest BCUT2D eigenvalue weighted by atomic mass is 10.1. The van der Waals surface area contributed by atoms with Crippen LogP contribution in [0.5, 0.6) is 5.75 Å². The number of carbonyl (C=O) groups excluding carboxylic acids is 4. The first kappa shape index (κ1) is 34.0. The van der Waals surface area contributed by atoms with E-state index in [4.69, 9.17) is 18.9 Å². The number of ether oxygens (including phenoxy) is 4. The summed E-state index contributed by atoms with van der Waals surface area (Å²) >= 11 is 0. The lowest BCUT2D eigenvalue weighted by Crippen LogP contribution is -2.44. The van der Waals surface area contributed by atoms with Crippen molar-refractivity contribution in [2.75, 3.05) is 0 Å². The molecule has 0 heterocycles. The predicted molar refractivity (Wildman–Crippen MR) is 175 cm³/mol. The van der Waals surface area contributed by atoms with E-state index in [1.807, 2.05) is 36.4 Å². The van der Waals surface area contributed by atoms with Gasteiger partial charge in [0.1, 0.15) is 30.6 Å². The summed E-state index contributed by atoms with van der Waals surface area (Å²) in [5, 5.41) is 8.42. The second-order valence-corrected chi connectivity index (χ2v) is 11.3. The van der Waals surface area contributed by atoms with Crippen molar-refractivity contribution in [2.45, 2.75) is 52.6 Å². The summed E-state index contributed by atoms with van der Waals surface area (Å²) < 4.78 is 21.5. The molecule has 3 N–H and O–H groups in total. The Labute approximate surface area is 272 Å². The first-order chi connectivity index (χ1) is 22.5. The summed E-state index contributed by atoms with van der Waals surface area (Å²) in [4.78, 5) is 54.9. The minimum absolute atomic E-state index is 0.0113. The number of nitrogens with one attached hydrogen (secondary N) is 3. The van der Waals surface area contributed by atoms with Gasteiger partial charge in [0.25, 0.3) is 0 Å². The Hall–Kier alpha value is -5.91. The molecule has 0 saturated heterocycles. The molecule has 0 fully saturated rings. The minimum atomic E-state index is -1.01. The van der Waals surface area contributed by atoms with Gasteiger partial charge in [-0.3, -0.25) is 10.6 Å². The fourth-order valence-corrected chi connectivity index (χ4v) is 4.11. The topological polar surface area (TPSA) is 154 Å². The van der Waals surface area contributed by atoms with Crippen LogP contribution in [0.1, 0.15) is 38.8 Å². The molecule has 0 aliphatic rings. The second kappa shape index (κ2) is 15.9. The molecule has 1 atom stereocenters. The third-order valence-electron chi connectivity index (χ3n) is 6.26. The molecular weight excluding hydrogens is 604 g/mol. The van der Waals surface area contributed by atoms with Crippen molar-refractivity contribution in [1.29, 1.82) is 0 Å². The van der Waals surface area contributed by atoms with Gasteiger partial charge in [-0.05, 0) is 51.0 Å². The summed E-state index contributed by atoms with van der Waals surface area (Å²) in [7, 11) is 0. The molecule has 4 aromatic carbocycles. The Bertz CT molecular complexity index is 1680. The number of hydrogen-bond acceptors (Lipinski definition) is 9. The summed E-state index contributed by atoms with van der Waals surface area (Å²) in [6.07, 6.45) is -2.48. The molecule has 4 rings (SSSR count). The smallest absolute Gasteiger partial charge is 0.414 e.